The van der Waals surface area contributed by atoms with Crippen molar-refractivity contribution in [3.63, 3.8) is 0 Å². The Balaban J connectivity index is 0.000000169. The normalized spacial score (nSPS) is 30.2. The number of fused-ring (bicyclic) bond motifs is 8. The zero-order valence-electron chi connectivity index (χ0n) is 45.8. The van der Waals surface area contributed by atoms with Gasteiger partial charge < -0.3 is 29.5 Å². The fraction of sp³-hybridized carbons (Fsp3) is 0.581. The molecule has 4 bridgehead atoms. The van der Waals surface area contributed by atoms with Crippen molar-refractivity contribution in [2.45, 2.75) is 126 Å². The first-order chi connectivity index (χ1) is 38.5. The molecule has 2 saturated carbocycles. The summed E-state index contributed by atoms with van der Waals surface area (Å²) in [5.41, 5.74) is 6.96. The highest BCUT2D eigenvalue weighted by Crippen LogP contribution is 2.50. The van der Waals surface area contributed by atoms with Crippen LogP contribution in [0, 0.1) is 35.5 Å². The average Bonchev–Trinajstić information content (AvgIpc) is 3.89. The third kappa shape index (κ3) is 12.2. The summed E-state index contributed by atoms with van der Waals surface area (Å²) in [7, 11) is -7.48. The Morgan fingerprint density at radius 2 is 0.975 bits per heavy atom. The van der Waals surface area contributed by atoms with Crippen LogP contribution in [0.1, 0.15) is 146 Å². The standard InChI is InChI=1S/2C31H39ClN2O5S/c2*32-25-9-11-27-21(15-25)6-4-13-31(27)19-34-17-23-7-10-26(23)24(18-35)5-2-1-3-14-40(37,38)33-30(36)22-8-12-29(39-20-31)28(34)16-22/h2*8-9,11-12,15-16,23-24,26,35H,1-7,10,13-14,17-20H2,(H,33,36)/t23-,24+,26+,31-;23-,24-,26+,31-/m00/s1. The van der Waals surface area contributed by atoms with Gasteiger partial charge in [0.25, 0.3) is 11.8 Å². The van der Waals surface area contributed by atoms with Crippen molar-refractivity contribution in [1.29, 1.82) is 0 Å². The Hall–Kier alpha value is -4.58. The van der Waals surface area contributed by atoms with Crippen molar-refractivity contribution < 1.29 is 46.1 Å². The number of aliphatic hydroxyl groups excluding tert-OH is 2. The van der Waals surface area contributed by atoms with Gasteiger partial charge in [0.2, 0.25) is 20.0 Å². The number of amides is 2. The van der Waals surface area contributed by atoms with Crippen LogP contribution in [0.25, 0.3) is 0 Å². The number of aryl methyl sites for hydroxylation is 2. The Bertz CT molecular complexity index is 2970. The van der Waals surface area contributed by atoms with Gasteiger partial charge in [-0.05, 0) is 208 Å². The minimum absolute atomic E-state index is 0.0826. The number of hydrogen-bond acceptors (Lipinski definition) is 12. The lowest BCUT2D eigenvalue weighted by Crippen LogP contribution is -2.49. The maximum Gasteiger partial charge on any atom is 0.264 e. The number of hydrogen-bond donors (Lipinski definition) is 4. The molecule has 4 heterocycles. The highest BCUT2D eigenvalue weighted by Gasteiger charge is 2.47. The minimum Gasteiger partial charge on any atom is -0.490 e. The second-order valence-corrected chi connectivity index (χ2v) is 29.2. The van der Waals surface area contributed by atoms with Crippen LogP contribution < -0.4 is 28.7 Å². The third-order valence-electron chi connectivity index (χ3n) is 19.6. The number of carbonyl (C=O) groups excluding carboxylic acids is 2. The highest BCUT2D eigenvalue weighted by molar-refractivity contribution is 7.90. The van der Waals surface area contributed by atoms with E-state index in [9.17, 15) is 36.6 Å². The number of benzene rings is 4. The summed E-state index contributed by atoms with van der Waals surface area (Å²) in [4.78, 5) is 31.0. The summed E-state index contributed by atoms with van der Waals surface area (Å²) in [5.74, 6) is 2.28. The van der Waals surface area contributed by atoms with Crippen LogP contribution in [0.5, 0.6) is 11.5 Å². The van der Waals surface area contributed by atoms with Gasteiger partial charge >= 0.3 is 0 Å². The van der Waals surface area contributed by atoms with E-state index in [0.717, 1.165) is 150 Å². The number of carbonyl (C=O) groups is 2. The number of nitrogens with zero attached hydrogens (tertiary/aromatic N) is 2. The SMILES string of the molecule is O=C1NS(=O)(=O)CCCCC[C@@H](CO)[C@@H]2CC[C@H]2CN2C[C@@]3(CCCc4cc(Cl)ccc43)COc3ccc1cc32.O=C1NS(=O)(=O)CCCCC[C@H](CO)[C@@H]2CC[C@H]2CN2C[C@@]3(CCCc4cc(Cl)ccc43)COc3ccc1cc32. The number of ether oxygens (including phenoxy) is 2. The van der Waals surface area contributed by atoms with Gasteiger partial charge in [0, 0.05) is 71.4 Å². The predicted molar refractivity (Wildman–Crippen MR) is 313 cm³/mol. The highest BCUT2D eigenvalue weighted by atomic mass is 35.5. The topological polar surface area (TPSA) is 192 Å². The molecule has 2 spiro atoms. The Labute approximate surface area is 482 Å². The second kappa shape index (κ2) is 24.0. The second-order valence-electron chi connectivity index (χ2n) is 24.7. The molecule has 2 amide bonds. The van der Waals surface area contributed by atoms with E-state index in [1.54, 1.807) is 24.3 Å². The minimum atomic E-state index is -3.74. The summed E-state index contributed by atoms with van der Waals surface area (Å²) < 4.78 is 68.3. The average molecular weight is 1170 g/mol. The molecule has 4 aromatic carbocycles. The number of sulfonamides is 2. The van der Waals surface area contributed by atoms with Crippen LogP contribution in [-0.2, 0) is 43.7 Å². The molecule has 80 heavy (non-hydrogen) atoms. The monoisotopic (exact) mass is 1170 g/mol. The smallest absolute Gasteiger partial charge is 0.264 e. The Morgan fingerprint density at radius 1 is 0.537 bits per heavy atom. The van der Waals surface area contributed by atoms with Crippen LogP contribution in [0.15, 0.2) is 72.8 Å². The maximum atomic E-state index is 13.1. The maximum absolute atomic E-state index is 13.1. The molecule has 8 atom stereocenters. The molecule has 0 unspecified atom stereocenters. The molecule has 8 aliphatic rings. The molecule has 0 aromatic heterocycles. The summed E-state index contributed by atoms with van der Waals surface area (Å²) in [6.45, 7) is 4.49. The zero-order chi connectivity index (χ0) is 55.8. The van der Waals surface area contributed by atoms with E-state index >= 15 is 0 Å². The van der Waals surface area contributed by atoms with E-state index < -0.39 is 31.9 Å². The molecule has 18 heteroatoms. The molecular weight excluding hydrogens is 1100 g/mol. The van der Waals surface area contributed by atoms with Crippen molar-refractivity contribution in [2.75, 3.05) is 73.9 Å². The van der Waals surface area contributed by atoms with Crippen LogP contribution >= 0.6 is 23.2 Å². The van der Waals surface area contributed by atoms with Gasteiger partial charge in [-0.1, -0.05) is 61.0 Å². The van der Waals surface area contributed by atoms with E-state index in [1.807, 2.05) is 24.3 Å². The predicted octanol–water partition coefficient (Wildman–Crippen LogP) is 10.2. The van der Waals surface area contributed by atoms with Crippen molar-refractivity contribution in [3.05, 3.63) is 116 Å². The van der Waals surface area contributed by atoms with Crippen molar-refractivity contribution in [3.8, 4) is 11.5 Å². The number of nitrogens with one attached hydrogen (secondary N) is 2. The molecule has 2 fully saturated rings. The molecule has 4 N–H and O–H groups in total. The lowest BCUT2D eigenvalue weighted by atomic mass is 9.65. The molecule has 12 rings (SSSR count). The lowest BCUT2D eigenvalue weighted by molar-refractivity contribution is 0.0575. The van der Waals surface area contributed by atoms with Crippen molar-refractivity contribution in [2.24, 2.45) is 35.5 Å². The van der Waals surface area contributed by atoms with Crippen molar-refractivity contribution >= 4 is 66.4 Å². The number of anilines is 2. The van der Waals surface area contributed by atoms with Gasteiger partial charge in [0.1, 0.15) is 11.5 Å². The van der Waals surface area contributed by atoms with Crippen LogP contribution in [-0.4, -0.2) is 103 Å². The largest absolute Gasteiger partial charge is 0.490 e. The first-order valence-electron chi connectivity index (χ1n) is 29.5. The Morgan fingerprint density at radius 3 is 1.38 bits per heavy atom. The quantitative estimate of drug-likeness (QED) is 0.149. The van der Waals surface area contributed by atoms with E-state index in [0.29, 0.717) is 72.4 Å². The van der Waals surface area contributed by atoms with Gasteiger partial charge in [0.05, 0.1) is 36.1 Å². The van der Waals surface area contributed by atoms with Crippen LogP contribution in [0.3, 0.4) is 0 Å². The van der Waals surface area contributed by atoms with Gasteiger partial charge in [-0.25, -0.2) is 26.3 Å². The molecule has 4 aliphatic carbocycles. The fourth-order valence-electron chi connectivity index (χ4n) is 15.1. The molecule has 0 radical (unpaired) electrons. The van der Waals surface area contributed by atoms with E-state index in [4.69, 9.17) is 32.7 Å². The van der Waals surface area contributed by atoms with Crippen LogP contribution in [0.2, 0.25) is 10.0 Å². The fourth-order valence-corrected chi connectivity index (χ4v) is 17.7. The van der Waals surface area contributed by atoms with Gasteiger partial charge in [-0.15, -0.1) is 0 Å². The molecule has 0 saturated heterocycles. The number of rotatable bonds is 2. The Kier molecular flexibility index (Phi) is 17.1. The van der Waals surface area contributed by atoms with Gasteiger partial charge in [-0.3, -0.25) is 9.59 Å². The van der Waals surface area contributed by atoms with Crippen molar-refractivity contribution in [1.82, 2.24) is 9.44 Å². The zero-order valence-corrected chi connectivity index (χ0v) is 49.0. The molecule has 14 nitrogen and oxygen atoms in total. The van der Waals surface area contributed by atoms with Crippen LogP contribution in [0.4, 0.5) is 11.4 Å². The summed E-state index contributed by atoms with van der Waals surface area (Å²) in [6.07, 6.45) is 16.6. The molecular formula is C62H78Cl2N4O10S2. The van der Waals surface area contributed by atoms with E-state index in [-0.39, 0.29) is 47.4 Å². The molecule has 432 valence electrons. The first kappa shape index (κ1) is 57.2. The van der Waals surface area contributed by atoms with Gasteiger partial charge in [-0.2, -0.15) is 0 Å². The summed E-state index contributed by atoms with van der Waals surface area (Å²) in [6, 6.07) is 23.0. The number of halogens is 2. The van der Waals surface area contributed by atoms with Gasteiger partial charge in [0.15, 0.2) is 0 Å². The molecule has 4 aromatic rings. The number of aliphatic hydroxyl groups is 2. The summed E-state index contributed by atoms with van der Waals surface area (Å²) in [5, 5.41) is 22.1. The summed E-state index contributed by atoms with van der Waals surface area (Å²) >= 11 is 12.8. The van der Waals surface area contributed by atoms with E-state index in [1.165, 1.54) is 22.3 Å². The van der Waals surface area contributed by atoms with E-state index in [2.05, 4.69) is 43.5 Å². The third-order valence-corrected chi connectivity index (χ3v) is 22.7. The molecule has 4 aliphatic heterocycles. The lowest BCUT2D eigenvalue weighted by Gasteiger charge is -2.46. The first-order valence-corrected chi connectivity index (χ1v) is 33.5.